The van der Waals surface area contributed by atoms with Crippen molar-refractivity contribution in [3.05, 3.63) is 11.6 Å². The summed E-state index contributed by atoms with van der Waals surface area (Å²) in [7, 11) is 0. The van der Waals surface area contributed by atoms with E-state index in [9.17, 15) is 4.79 Å². The van der Waals surface area contributed by atoms with Gasteiger partial charge in [-0.3, -0.25) is 4.79 Å². The van der Waals surface area contributed by atoms with Crippen LogP contribution >= 0.6 is 0 Å². The van der Waals surface area contributed by atoms with Crippen molar-refractivity contribution in [2.24, 2.45) is 5.92 Å². The molecule has 0 spiro atoms. The minimum Gasteiger partial charge on any atom is -0.389 e. The molecule has 1 aliphatic rings. The largest absolute Gasteiger partial charge is 0.389 e. The molecule has 1 rings (SSSR count). The van der Waals surface area contributed by atoms with Crippen LogP contribution in [0.3, 0.4) is 0 Å². The second-order valence-electron chi connectivity index (χ2n) is 2.97. The number of aliphatic hydroxyl groups is 1. The lowest BCUT2D eigenvalue weighted by atomic mass is 10.0. The third-order valence-corrected chi connectivity index (χ3v) is 1.71. The van der Waals surface area contributed by atoms with Gasteiger partial charge in [0.15, 0.2) is 5.78 Å². The molecule has 56 valence electrons. The molecule has 1 atom stereocenters. The summed E-state index contributed by atoms with van der Waals surface area (Å²) in [6.45, 7) is 3.92. The molecular formula is C8H12O2. The van der Waals surface area contributed by atoms with Crippen molar-refractivity contribution in [3.8, 4) is 0 Å². The normalized spacial score (nSPS) is 25.8. The van der Waals surface area contributed by atoms with Gasteiger partial charge < -0.3 is 5.11 Å². The third kappa shape index (κ3) is 1.27. The Bertz CT molecular complexity index is 180. The Morgan fingerprint density at radius 2 is 2.30 bits per heavy atom. The number of carbonyl (C=O) groups is 1. The first-order valence-corrected chi connectivity index (χ1v) is 3.54. The first kappa shape index (κ1) is 7.48. The SMILES string of the molecule is CC(C)C1=C[C@H](O)CC1=O. The smallest absolute Gasteiger partial charge is 0.161 e. The van der Waals surface area contributed by atoms with E-state index in [4.69, 9.17) is 5.11 Å². The van der Waals surface area contributed by atoms with Crippen molar-refractivity contribution in [2.75, 3.05) is 0 Å². The molecule has 0 aromatic rings. The van der Waals surface area contributed by atoms with Gasteiger partial charge in [-0.15, -0.1) is 0 Å². The van der Waals surface area contributed by atoms with E-state index in [1.807, 2.05) is 13.8 Å². The van der Waals surface area contributed by atoms with E-state index in [0.29, 0.717) is 0 Å². The highest BCUT2D eigenvalue weighted by Crippen LogP contribution is 2.21. The number of carbonyl (C=O) groups excluding carboxylic acids is 1. The number of Topliss-reactive ketones (excluding diaryl/α,β-unsaturated/α-hetero) is 1. The van der Waals surface area contributed by atoms with Crippen molar-refractivity contribution in [3.63, 3.8) is 0 Å². The quantitative estimate of drug-likeness (QED) is 0.587. The van der Waals surface area contributed by atoms with E-state index >= 15 is 0 Å². The van der Waals surface area contributed by atoms with Gasteiger partial charge in [-0.05, 0) is 17.6 Å². The van der Waals surface area contributed by atoms with Crippen LogP contribution in [0.25, 0.3) is 0 Å². The summed E-state index contributed by atoms with van der Waals surface area (Å²) < 4.78 is 0. The molecule has 10 heavy (non-hydrogen) atoms. The molecule has 0 aliphatic heterocycles. The van der Waals surface area contributed by atoms with Gasteiger partial charge in [-0.25, -0.2) is 0 Å². The van der Waals surface area contributed by atoms with Gasteiger partial charge in [0.25, 0.3) is 0 Å². The second kappa shape index (κ2) is 2.54. The third-order valence-electron chi connectivity index (χ3n) is 1.71. The van der Waals surface area contributed by atoms with Crippen LogP contribution in [0.4, 0.5) is 0 Å². The molecule has 0 unspecified atom stereocenters. The fourth-order valence-corrected chi connectivity index (χ4v) is 1.18. The maximum absolute atomic E-state index is 11.0. The number of allylic oxidation sites excluding steroid dienone is 1. The average molecular weight is 140 g/mol. The van der Waals surface area contributed by atoms with Crippen LogP contribution in [0.15, 0.2) is 11.6 Å². The molecule has 0 aromatic carbocycles. The maximum atomic E-state index is 11.0. The van der Waals surface area contributed by atoms with Gasteiger partial charge in [-0.1, -0.05) is 13.8 Å². The Morgan fingerprint density at radius 1 is 1.70 bits per heavy atom. The first-order valence-electron chi connectivity index (χ1n) is 3.54. The first-order chi connectivity index (χ1) is 4.61. The molecule has 2 heteroatoms. The topological polar surface area (TPSA) is 37.3 Å². The maximum Gasteiger partial charge on any atom is 0.161 e. The van der Waals surface area contributed by atoms with Crippen molar-refractivity contribution >= 4 is 5.78 Å². The van der Waals surface area contributed by atoms with E-state index in [0.717, 1.165) is 5.57 Å². The number of hydrogen-bond acceptors (Lipinski definition) is 2. The van der Waals surface area contributed by atoms with E-state index in [-0.39, 0.29) is 18.1 Å². The van der Waals surface area contributed by atoms with Crippen molar-refractivity contribution in [1.82, 2.24) is 0 Å². The zero-order valence-corrected chi connectivity index (χ0v) is 6.29. The Hall–Kier alpha value is -0.630. The van der Waals surface area contributed by atoms with Crippen LogP contribution in [-0.2, 0) is 4.79 Å². The monoisotopic (exact) mass is 140 g/mol. The minimum absolute atomic E-state index is 0.0995. The molecule has 0 radical (unpaired) electrons. The van der Waals surface area contributed by atoms with Crippen LogP contribution in [0.1, 0.15) is 20.3 Å². The molecule has 0 fully saturated rings. The lowest BCUT2D eigenvalue weighted by molar-refractivity contribution is -0.116. The predicted molar refractivity (Wildman–Crippen MR) is 38.6 cm³/mol. The van der Waals surface area contributed by atoms with Crippen molar-refractivity contribution in [2.45, 2.75) is 26.4 Å². The Morgan fingerprint density at radius 3 is 2.50 bits per heavy atom. The molecule has 0 aromatic heterocycles. The molecule has 0 saturated heterocycles. The fourth-order valence-electron chi connectivity index (χ4n) is 1.18. The van der Waals surface area contributed by atoms with E-state index in [1.54, 1.807) is 6.08 Å². The van der Waals surface area contributed by atoms with Crippen molar-refractivity contribution < 1.29 is 9.90 Å². The lowest BCUT2D eigenvalue weighted by Crippen LogP contribution is -2.04. The summed E-state index contributed by atoms with van der Waals surface area (Å²) in [6.07, 6.45) is 1.42. The fraction of sp³-hybridized carbons (Fsp3) is 0.625. The molecule has 0 heterocycles. The van der Waals surface area contributed by atoms with Crippen molar-refractivity contribution in [1.29, 1.82) is 0 Å². The van der Waals surface area contributed by atoms with Crippen LogP contribution in [0.5, 0.6) is 0 Å². The van der Waals surface area contributed by atoms with Crippen LogP contribution < -0.4 is 0 Å². The molecular weight excluding hydrogens is 128 g/mol. The lowest BCUT2D eigenvalue weighted by Gasteiger charge is -2.01. The predicted octanol–water partition coefficient (Wildman–Crippen LogP) is 0.903. The van der Waals surface area contributed by atoms with E-state index in [1.165, 1.54) is 0 Å². The zero-order valence-electron chi connectivity index (χ0n) is 6.29. The minimum atomic E-state index is -0.523. The Balaban J connectivity index is 2.75. The highest BCUT2D eigenvalue weighted by atomic mass is 16.3. The molecule has 0 amide bonds. The summed E-state index contributed by atoms with van der Waals surface area (Å²) in [5.74, 6) is 0.354. The highest BCUT2D eigenvalue weighted by Gasteiger charge is 2.23. The van der Waals surface area contributed by atoms with E-state index in [2.05, 4.69) is 0 Å². The standard InChI is InChI=1S/C8H12O2/c1-5(2)7-3-6(9)4-8(7)10/h3,5-6,9H,4H2,1-2H3/t6-/m0/s1. The number of rotatable bonds is 1. The Kier molecular flexibility index (Phi) is 1.90. The number of hydrogen-bond donors (Lipinski definition) is 1. The van der Waals surface area contributed by atoms with Crippen LogP contribution in [0, 0.1) is 5.92 Å². The van der Waals surface area contributed by atoms with Crippen LogP contribution in [0.2, 0.25) is 0 Å². The Labute approximate surface area is 60.6 Å². The molecule has 1 aliphatic carbocycles. The number of ketones is 1. The summed E-state index contributed by atoms with van der Waals surface area (Å²) >= 11 is 0. The summed E-state index contributed by atoms with van der Waals surface area (Å²) in [5.41, 5.74) is 0.785. The summed E-state index contributed by atoms with van der Waals surface area (Å²) in [5, 5.41) is 9.02. The van der Waals surface area contributed by atoms with Gasteiger partial charge in [-0.2, -0.15) is 0 Å². The van der Waals surface area contributed by atoms with Gasteiger partial charge >= 0.3 is 0 Å². The number of aliphatic hydroxyl groups excluding tert-OH is 1. The molecule has 1 N–H and O–H groups in total. The van der Waals surface area contributed by atoms with Gasteiger partial charge in [0.05, 0.1) is 6.10 Å². The van der Waals surface area contributed by atoms with Crippen LogP contribution in [-0.4, -0.2) is 17.0 Å². The summed E-state index contributed by atoms with van der Waals surface area (Å²) in [6, 6.07) is 0. The average Bonchev–Trinajstić information content (AvgIpc) is 2.10. The molecule has 2 nitrogen and oxygen atoms in total. The van der Waals surface area contributed by atoms with E-state index < -0.39 is 6.10 Å². The summed E-state index contributed by atoms with van der Waals surface area (Å²) in [4.78, 5) is 11.0. The van der Waals surface area contributed by atoms with Gasteiger partial charge in [0.1, 0.15) is 0 Å². The zero-order chi connectivity index (χ0) is 7.72. The molecule has 0 saturated carbocycles. The highest BCUT2D eigenvalue weighted by molar-refractivity contribution is 5.98. The van der Waals surface area contributed by atoms with Gasteiger partial charge in [0.2, 0.25) is 0 Å². The van der Waals surface area contributed by atoms with Gasteiger partial charge in [0, 0.05) is 6.42 Å². The molecule has 0 bridgehead atoms. The second-order valence-corrected chi connectivity index (χ2v) is 2.97.